The molecule has 1 N–H and O–H groups in total. The third-order valence-corrected chi connectivity index (χ3v) is 4.07. The zero-order valence-corrected chi connectivity index (χ0v) is 16.6. The van der Waals surface area contributed by atoms with Crippen LogP contribution in [0.25, 0.3) is 0 Å². The minimum absolute atomic E-state index is 0.0215. The largest absolute Gasteiger partial charge is 0.479 e. The summed E-state index contributed by atoms with van der Waals surface area (Å²) in [6, 6.07) is 7.47. The van der Waals surface area contributed by atoms with Crippen molar-refractivity contribution in [2.75, 3.05) is 13.1 Å². The van der Waals surface area contributed by atoms with Gasteiger partial charge in [-0.2, -0.15) is 0 Å². The first-order valence-electron chi connectivity index (χ1n) is 8.25. The number of nitrogens with one attached hydrogen (secondary N) is 1. The number of nitrogens with zero attached hydrogens (tertiary/aromatic N) is 1. The first-order valence-corrected chi connectivity index (χ1v) is 9.04. The third kappa shape index (κ3) is 6.15. The molecule has 0 radical (unpaired) electrons. The predicted molar refractivity (Wildman–Crippen MR) is 98.9 cm³/mol. The average molecular weight is 399 g/mol. The van der Waals surface area contributed by atoms with Crippen molar-refractivity contribution in [1.82, 2.24) is 10.2 Å². The first-order chi connectivity index (χ1) is 11.3. The fourth-order valence-electron chi connectivity index (χ4n) is 2.22. The molecule has 0 aromatic heterocycles. The fraction of sp³-hybridized carbons (Fsp3) is 0.556. The van der Waals surface area contributed by atoms with E-state index >= 15 is 0 Å². The van der Waals surface area contributed by atoms with Gasteiger partial charge in [-0.1, -0.05) is 26.0 Å². The van der Waals surface area contributed by atoms with Gasteiger partial charge >= 0.3 is 0 Å². The van der Waals surface area contributed by atoms with Crippen molar-refractivity contribution < 1.29 is 14.3 Å². The number of hydrogen-bond acceptors (Lipinski definition) is 3. The van der Waals surface area contributed by atoms with Crippen molar-refractivity contribution in [2.45, 2.75) is 46.8 Å². The van der Waals surface area contributed by atoms with E-state index in [1.165, 1.54) is 4.90 Å². The van der Waals surface area contributed by atoms with E-state index in [0.29, 0.717) is 12.3 Å². The van der Waals surface area contributed by atoms with Crippen LogP contribution in [0.4, 0.5) is 0 Å². The summed E-state index contributed by atoms with van der Waals surface area (Å²) in [6.07, 6.45) is -0.643. The summed E-state index contributed by atoms with van der Waals surface area (Å²) in [6.45, 7) is 9.99. The standard InChI is InChI=1S/C18H27BrN2O3/c1-6-21(11-16(22)20-13(4)5)18(23)17(12(2)3)24-15-10-8-7-9-14(15)19/h7-10,12-13,17H,6,11H2,1-5H3,(H,20,22). The summed E-state index contributed by atoms with van der Waals surface area (Å²) in [4.78, 5) is 26.4. The maximum atomic E-state index is 12.9. The maximum absolute atomic E-state index is 12.9. The summed E-state index contributed by atoms with van der Waals surface area (Å²) in [7, 11) is 0. The van der Waals surface area contributed by atoms with Crippen LogP contribution in [0, 0.1) is 5.92 Å². The molecular formula is C18H27BrN2O3. The number of likely N-dealkylation sites (N-methyl/N-ethyl adjacent to an activating group) is 1. The van der Waals surface area contributed by atoms with Crippen molar-refractivity contribution in [3.63, 3.8) is 0 Å². The zero-order valence-electron chi connectivity index (χ0n) is 15.0. The highest BCUT2D eigenvalue weighted by Crippen LogP contribution is 2.26. The molecule has 0 bridgehead atoms. The van der Waals surface area contributed by atoms with Gasteiger partial charge in [0.25, 0.3) is 5.91 Å². The van der Waals surface area contributed by atoms with Gasteiger partial charge in [-0.25, -0.2) is 0 Å². The molecule has 134 valence electrons. The number of halogens is 1. The number of hydrogen-bond donors (Lipinski definition) is 1. The molecule has 0 heterocycles. The lowest BCUT2D eigenvalue weighted by Gasteiger charge is -2.29. The summed E-state index contributed by atoms with van der Waals surface area (Å²) in [5.74, 6) is 0.254. The Hall–Kier alpha value is -1.56. The molecule has 1 rings (SSSR count). The van der Waals surface area contributed by atoms with Gasteiger partial charge in [-0.3, -0.25) is 9.59 Å². The van der Waals surface area contributed by atoms with E-state index in [9.17, 15) is 9.59 Å². The Morgan fingerprint density at radius 2 is 1.83 bits per heavy atom. The van der Waals surface area contributed by atoms with E-state index in [0.717, 1.165) is 4.47 Å². The van der Waals surface area contributed by atoms with Crippen LogP contribution in [0.1, 0.15) is 34.6 Å². The molecule has 24 heavy (non-hydrogen) atoms. The van der Waals surface area contributed by atoms with Crippen molar-refractivity contribution in [3.05, 3.63) is 28.7 Å². The fourth-order valence-corrected chi connectivity index (χ4v) is 2.59. The van der Waals surface area contributed by atoms with E-state index in [1.807, 2.05) is 58.9 Å². The topological polar surface area (TPSA) is 58.6 Å². The summed E-state index contributed by atoms with van der Waals surface area (Å²) < 4.78 is 6.74. The van der Waals surface area contributed by atoms with Crippen molar-refractivity contribution in [1.29, 1.82) is 0 Å². The Morgan fingerprint density at radius 3 is 2.33 bits per heavy atom. The molecule has 0 aliphatic carbocycles. The second-order valence-corrected chi connectivity index (χ2v) is 7.14. The van der Waals surface area contributed by atoms with Gasteiger partial charge in [0.2, 0.25) is 5.91 Å². The van der Waals surface area contributed by atoms with Gasteiger partial charge in [0.05, 0.1) is 11.0 Å². The van der Waals surface area contributed by atoms with Gasteiger partial charge in [-0.15, -0.1) is 0 Å². The second-order valence-electron chi connectivity index (χ2n) is 6.29. The number of rotatable bonds is 8. The highest BCUT2D eigenvalue weighted by molar-refractivity contribution is 9.10. The van der Waals surface area contributed by atoms with Gasteiger partial charge < -0.3 is 15.0 Å². The molecule has 2 amide bonds. The molecule has 0 saturated carbocycles. The second kappa shape index (κ2) is 9.67. The van der Waals surface area contributed by atoms with Crippen LogP contribution in [-0.4, -0.2) is 41.9 Å². The predicted octanol–water partition coefficient (Wildman–Crippen LogP) is 3.23. The quantitative estimate of drug-likeness (QED) is 0.730. The SMILES string of the molecule is CCN(CC(=O)NC(C)C)C(=O)C(Oc1ccccc1Br)C(C)C. The molecule has 6 heteroatoms. The molecule has 1 aromatic rings. The highest BCUT2D eigenvalue weighted by atomic mass is 79.9. The average Bonchev–Trinajstić information content (AvgIpc) is 2.50. The minimum atomic E-state index is -0.643. The Labute approximate surface area is 152 Å². The van der Waals surface area contributed by atoms with Gasteiger partial charge in [0, 0.05) is 12.6 Å². The van der Waals surface area contributed by atoms with Crippen LogP contribution in [0.2, 0.25) is 0 Å². The Kier molecular flexibility index (Phi) is 8.25. The summed E-state index contributed by atoms with van der Waals surface area (Å²) in [5, 5.41) is 2.81. The van der Waals surface area contributed by atoms with Crippen LogP contribution in [0.5, 0.6) is 5.75 Å². The van der Waals surface area contributed by atoms with Crippen LogP contribution in [0.15, 0.2) is 28.7 Å². The van der Waals surface area contributed by atoms with Crippen molar-refractivity contribution in [2.24, 2.45) is 5.92 Å². The minimum Gasteiger partial charge on any atom is -0.479 e. The molecule has 0 spiro atoms. The van der Waals surface area contributed by atoms with Crippen LogP contribution < -0.4 is 10.1 Å². The van der Waals surface area contributed by atoms with Crippen LogP contribution in [-0.2, 0) is 9.59 Å². The lowest BCUT2D eigenvalue weighted by atomic mass is 10.1. The molecule has 1 aromatic carbocycles. The van der Waals surface area contributed by atoms with Crippen molar-refractivity contribution >= 4 is 27.7 Å². The number of ether oxygens (including phenoxy) is 1. The molecule has 1 unspecified atom stereocenters. The first kappa shape index (κ1) is 20.5. The van der Waals surface area contributed by atoms with E-state index in [2.05, 4.69) is 21.2 Å². The van der Waals surface area contributed by atoms with Gasteiger partial charge in [0.15, 0.2) is 6.10 Å². The third-order valence-electron chi connectivity index (χ3n) is 3.42. The summed E-state index contributed by atoms with van der Waals surface area (Å²) in [5.41, 5.74) is 0. The Bertz CT molecular complexity index is 561. The van der Waals surface area contributed by atoms with E-state index < -0.39 is 6.10 Å². The molecular weight excluding hydrogens is 372 g/mol. The number of para-hydroxylation sites is 1. The van der Waals surface area contributed by atoms with Crippen LogP contribution in [0.3, 0.4) is 0 Å². The molecule has 0 saturated heterocycles. The molecule has 1 atom stereocenters. The van der Waals surface area contributed by atoms with E-state index in [1.54, 1.807) is 0 Å². The van der Waals surface area contributed by atoms with E-state index in [4.69, 9.17) is 4.74 Å². The van der Waals surface area contributed by atoms with E-state index in [-0.39, 0.29) is 30.3 Å². The normalized spacial score (nSPS) is 12.2. The Balaban J connectivity index is 2.87. The van der Waals surface area contributed by atoms with Crippen LogP contribution >= 0.6 is 15.9 Å². The summed E-state index contributed by atoms with van der Waals surface area (Å²) >= 11 is 3.43. The van der Waals surface area contributed by atoms with Gasteiger partial charge in [0.1, 0.15) is 5.75 Å². The molecule has 5 nitrogen and oxygen atoms in total. The highest BCUT2D eigenvalue weighted by Gasteiger charge is 2.30. The zero-order chi connectivity index (χ0) is 18.3. The Morgan fingerprint density at radius 1 is 1.21 bits per heavy atom. The molecule has 0 aliphatic rings. The number of carbonyl (C=O) groups excluding carboxylic acids is 2. The number of carbonyl (C=O) groups is 2. The lowest BCUT2D eigenvalue weighted by molar-refractivity contribution is -0.143. The maximum Gasteiger partial charge on any atom is 0.264 e. The number of benzene rings is 1. The molecule has 0 aliphatic heterocycles. The monoisotopic (exact) mass is 398 g/mol. The smallest absolute Gasteiger partial charge is 0.264 e. The number of amides is 2. The lowest BCUT2D eigenvalue weighted by Crippen LogP contribution is -2.49. The van der Waals surface area contributed by atoms with Crippen molar-refractivity contribution in [3.8, 4) is 5.75 Å². The molecule has 0 fully saturated rings. The van der Waals surface area contributed by atoms with Gasteiger partial charge in [-0.05, 0) is 54.8 Å².